The number of carbonyl (C=O) groups is 1. The minimum absolute atomic E-state index is 0.0211. The highest BCUT2D eigenvalue weighted by molar-refractivity contribution is 5.76. The third kappa shape index (κ3) is 4.88. The summed E-state index contributed by atoms with van der Waals surface area (Å²) in [5.74, 6) is 0.446. The van der Waals surface area contributed by atoms with Gasteiger partial charge in [-0.1, -0.05) is 30.3 Å². The normalized spacial score (nSPS) is 21.2. The number of rotatable bonds is 6. The average Bonchev–Trinajstić information content (AvgIpc) is 3.29. The van der Waals surface area contributed by atoms with Gasteiger partial charge >= 0.3 is 0 Å². The van der Waals surface area contributed by atoms with Crippen molar-refractivity contribution in [2.75, 3.05) is 44.7 Å². The van der Waals surface area contributed by atoms with Crippen LogP contribution in [0.1, 0.15) is 37.7 Å². The molecular weight excluding hydrogens is 414 g/mol. The Morgan fingerprint density at radius 1 is 1.15 bits per heavy atom. The van der Waals surface area contributed by atoms with Crippen LogP contribution < -0.4 is 10.2 Å². The lowest BCUT2D eigenvalue weighted by Gasteiger charge is -2.41. The molecule has 7 heteroatoms. The van der Waals surface area contributed by atoms with Gasteiger partial charge in [-0.25, -0.2) is 4.98 Å². The molecular formula is C26H33N5O2. The number of hydrogen-bond acceptors (Lipinski definition) is 6. The predicted octanol–water partition coefficient (Wildman–Crippen LogP) is 3.61. The lowest BCUT2D eigenvalue weighted by atomic mass is 9.72. The number of amides is 1. The van der Waals surface area contributed by atoms with Crippen molar-refractivity contribution in [1.29, 1.82) is 0 Å². The van der Waals surface area contributed by atoms with Gasteiger partial charge in [0.05, 0.1) is 0 Å². The fraction of sp³-hybridized carbons (Fsp3) is 0.500. The van der Waals surface area contributed by atoms with Crippen molar-refractivity contribution in [3.63, 3.8) is 0 Å². The molecule has 3 aromatic rings. The summed E-state index contributed by atoms with van der Waals surface area (Å²) in [6, 6.07) is 15.1. The van der Waals surface area contributed by atoms with E-state index in [1.54, 1.807) is 6.20 Å². The largest absolute Gasteiger partial charge is 0.422 e. The third-order valence-electron chi connectivity index (χ3n) is 7.37. The van der Waals surface area contributed by atoms with E-state index in [0.29, 0.717) is 36.1 Å². The predicted molar refractivity (Wildman–Crippen MR) is 129 cm³/mol. The summed E-state index contributed by atoms with van der Waals surface area (Å²) in [5.41, 5.74) is 2.70. The van der Waals surface area contributed by atoms with Crippen molar-refractivity contribution < 1.29 is 9.21 Å². The molecule has 2 saturated heterocycles. The lowest BCUT2D eigenvalue weighted by molar-refractivity contribution is -0.122. The number of fused-ring (bicyclic) bond motifs is 1. The molecule has 5 rings (SSSR count). The summed E-state index contributed by atoms with van der Waals surface area (Å²) >= 11 is 0. The number of anilines is 1. The van der Waals surface area contributed by atoms with Gasteiger partial charge in [0.2, 0.25) is 11.6 Å². The van der Waals surface area contributed by atoms with Crippen LogP contribution in [0.3, 0.4) is 0 Å². The molecule has 1 amide bonds. The smallest absolute Gasteiger partial charge is 0.299 e. The van der Waals surface area contributed by atoms with Gasteiger partial charge in [0, 0.05) is 37.7 Å². The molecule has 0 bridgehead atoms. The number of oxazole rings is 1. The highest BCUT2D eigenvalue weighted by atomic mass is 16.4. The summed E-state index contributed by atoms with van der Waals surface area (Å²) in [6.07, 6.45) is 6.49. The molecule has 1 aromatic carbocycles. The molecule has 0 aliphatic carbocycles. The molecule has 0 saturated carbocycles. The molecule has 2 aliphatic heterocycles. The van der Waals surface area contributed by atoms with Gasteiger partial charge in [-0.15, -0.1) is 0 Å². The number of likely N-dealkylation sites (tertiary alicyclic amines) is 1. The first-order chi connectivity index (χ1) is 16.1. The lowest BCUT2D eigenvalue weighted by Crippen LogP contribution is -2.48. The molecule has 33 heavy (non-hydrogen) atoms. The Morgan fingerprint density at radius 3 is 2.76 bits per heavy atom. The van der Waals surface area contributed by atoms with Gasteiger partial charge in [-0.05, 0) is 69.4 Å². The van der Waals surface area contributed by atoms with E-state index in [4.69, 9.17) is 4.42 Å². The molecule has 4 heterocycles. The number of aromatic nitrogens is 2. The average molecular weight is 448 g/mol. The standard InChI is InChI=1S/C26H33N5O2/c1-30-15-11-26(12-16-30,21-8-3-2-4-9-21)19-28-23(32)17-20-7-6-14-31(18-20)25-29-24-22(33-25)10-5-13-27-24/h2-5,8-10,13,20H,6-7,11-12,14-19H2,1H3,(H,28,32). The summed E-state index contributed by atoms with van der Waals surface area (Å²) in [5, 5.41) is 3.30. The number of benzene rings is 1. The van der Waals surface area contributed by atoms with Crippen LogP contribution in [-0.2, 0) is 10.2 Å². The van der Waals surface area contributed by atoms with Gasteiger partial charge in [0.15, 0.2) is 5.58 Å². The maximum Gasteiger partial charge on any atom is 0.299 e. The molecule has 0 spiro atoms. The van der Waals surface area contributed by atoms with Gasteiger partial charge in [0.25, 0.3) is 6.01 Å². The van der Waals surface area contributed by atoms with E-state index in [1.165, 1.54) is 5.56 Å². The van der Waals surface area contributed by atoms with E-state index in [2.05, 4.69) is 62.5 Å². The van der Waals surface area contributed by atoms with E-state index in [9.17, 15) is 4.79 Å². The number of pyridine rings is 1. The Balaban J connectivity index is 1.20. The first kappa shape index (κ1) is 21.9. The minimum Gasteiger partial charge on any atom is -0.422 e. The molecule has 1 N–H and O–H groups in total. The number of nitrogens with zero attached hydrogens (tertiary/aromatic N) is 4. The summed E-state index contributed by atoms with van der Waals surface area (Å²) in [7, 11) is 2.18. The first-order valence-electron chi connectivity index (χ1n) is 12.1. The van der Waals surface area contributed by atoms with E-state index >= 15 is 0 Å². The van der Waals surface area contributed by atoms with E-state index in [1.807, 2.05) is 12.1 Å². The van der Waals surface area contributed by atoms with Crippen LogP contribution in [-0.4, -0.2) is 60.5 Å². The number of carbonyl (C=O) groups excluding carboxylic acids is 1. The molecule has 2 aliphatic rings. The topological polar surface area (TPSA) is 74.5 Å². The van der Waals surface area contributed by atoms with Crippen LogP contribution in [0.2, 0.25) is 0 Å². The Labute approximate surface area is 195 Å². The van der Waals surface area contributed by atoms with E-state index < -0.39 is 0 Å². The zero-order valence-corrected chi connectivity index (χ0v) is 19.4. The van der Waals surface area contributed by atoms with Crippen LogP contribution in [0.15, 0.2) is 53.1 Å². The molecule has 1 atom stereocenters. The second-order valence-electron chi connectivity index (χ2n) is 9.71. The second kappa shape index (κ2) is 9.51. The zero-order chi connectivity index (χ0) is 22.7. The van der Waals surface area contributed by atoms with Crippen molar-refractivity contribution in [2.24, 2.45) is 5.92 Å². The number of nitrogens with one attached hydrogen (secondary N) is 1. The summed E-state index contributed by atoms with van der Waals surface area (Å²) in [6.45, 7) is 4.50. The zero-order valence-electron chi connectivity index (χ0n) is 19.4. The molecule has 2 aromatic heterocycles. The van der Waals surface area contributed by atoms with Gasteiger partial charge in [-0.3, -0.25) is 4.79 Å². The van der Waals surface area contributed by atoms with Crippen molar-refractivity contribution in [3.8, 4) is 0 Å². The quantitative estimate of drug-likeness (QED) is 0.622. The van der Waals surface area contributed by atoms with Crippen LogP contribution in [0.4, 0.5) is 6.01 Å². The Morgan fingerprint density at radius 2 is 1.97 bits per heavy atom. The van der Waals surface area contributed by atoms with Gasteiger partial charge < -0.3 is 19.5 Å². The van der Waals surface area contributed by atoms with Crippen LogP contribution >= 0.6 is 0 Å². The van der Waals surface area contributed by atoms with Crippen LogP contribution in [0.5, 0.6) is 0 Å². The maximum absolute atomic E-state index is 13.0. The third-order valence-corrected chi connectivity index (χ3v) is 7.37. The molecule has 1 unspecified atom stereocenters. The molecule has 174 valence electrons. The van der Waals surface area contributed by atoms with E-state index in [0.717, 1.165) is 51.9 Å². The second-order valence-corrected chi connectivity index (χ2v) is 9.71. The first-order valence-corrected chi connectivity index (χ1v) is 12.1. The van der Waals surface area contributed by atoms with E-state index in [-0.39, 0.29) is 11.3 Å². The van der Waals surface area contributed by atoms with Crippen molar-refractivity contribution in [3.05, 3.63) is 54.2 Å². The highest BCUT2D eigenvalue weighted by Crippen LogP contribution is 2.35. The Hall–Kier alpha value is -2.93. The fourth-order valence-corrected chi connectivity index (χ4v) is 5.31. The summed E-state index contributed by atoms with van der Waals surface area (Å²) < 4.78 is 5.91. The SMILES string of the molecule is CN1CCC(CNC(=O)CC2CCCN(c3nc4ncccc4o3)C2)(c2ccccc2)CC1. The number of hydrogen-bond donors (Lipinski definition) is 1. The van der Waals surface area contributed by atoms with Crippen molar-refractivity contribution in [2.45, 2.75) is 37.5 Å². The van der Waals surface area contributed by atoms with Crippen LogP contribution in [0, 0.1) is 5.92 Å². The maximum atomic E-state index is 13.0. The van der Waals surface area contributed by atoms with Crippen molar-refractivity contribution in [1.82, 2.24) is 20.2 Å². The highest BCUT2D eigenvalue weighted by Gasteiger charge is 2.36. The minimum atomic E-state index is 0.0211. The number of piperidine rings is 2. The van der Waals surface area contributed by atoms with Crippen molar-refractivity contribution >= 4 is 23.2 Å². The molecule has 2 fully saturated rings. The monoisotopic (exact) mass is 447 g/mol. The summed E-state index contributed by atoms with van der Waals surface area (Å²) in [4.78, 5) is 26.3. The van der Waals surface area contributed by atoms with Gasteiger partial charge in [-0.2, -0.15) is 4.98 Å². The Kier molecular flexibility index (Phi) is 6.31. The molecule has 7 nitrogen and oxygen atoms in total. The molecule has 0 radical (unpaired) electrons. The van der Waals surface area contributed by atoms with Crippen LogP contribution in [0.25, 0.3) is 11.2 Å². The van der Waals surface area contributed by atoms with Gasteiger partial charge in [0.1, 0.15) is 0 Å². The Bertz CT molecular complexity index is 1040. The fourth-order valence-electron chi connectivity index (χ4n) is 5.31.